The van der Waals surface area contributed by atoms with Gasteiger partial charge in [0.05, 0.1) is 0 Å². The molecule has 0 unspecified atom stereocenters. The van der Waals surface area contributed by atoms with E-state index in [1.165, 1.54) is 0 Å². The number of rotatable bonds is 3. The van der Waals surface area contributed by atoms with E-state index in [0.29, 0.717) is 0 Å². The van der Waals surface area contributed by atoms with Crippen molar-refractivity contribution < 1.29 is 35.2 Å². The maximum Gasteiger partial charge on any atom is 0.559 e. The van der Waals surface area contributed by atoms with Gasteiger partial charge in [-0.2, -0.15) is 0 Å². The molecule has 0 radical (unpaired) electrons. The predicted molar refractivity (Wildman–Crippen MR) is 37.6 cm³/mol. The van der Waals surface area contributed by atoms with E-state index in [9.17, 15) is 35.2 Å². The van der Waals surface area contributed by atoms with Crippen LogP contribution in [0.3, 0.4) is 0 Å². The SMILES string of the molecule is CC(=O)CS(=O)(=O)CF.FC(F)(F)F. The average molecular weight is 242 g/mol. The third kappa shape index (κ3) is 22.5. The monoisotopic (exact) mass is 242 g/mol. The molecule has 0 aliphatic carbocycles. The molecule has 0 aliphatic heterocycles. The summed E-state index contributed by atoms with van der Waals surface area (Å²) in [6.45, 7) is 1.10. The molecule has 0 heterocycles. The summed E-state index contributed by atoms with van der Waals surface area (Å²) in [6, 6.07) is -1.45. The summed E-state index contributed by atoms with van der Waals surface area (Å²) in [4.78, 5) is 10.1. The number of carbonyl (C=O) groups is 1. The molecular weight excluding hydrogens is 235 g/mol. The van der Waals surface area contributed by atoms with Crippen molar-refractivity contribution in [1.82, 2.24) is 0 Å². The van der Waals surface area contributed by atoms with Crippen LogP contribution in [0.15, 0.2) is 0 Å². The van der Waals surface area contributed by atoms with Crippen molar-refractivity contribution in [2.45, 2.75) is 13.4 Å². The van der Waals surface area contributed by atoms with E-state index in [0.717, 1.165) is 6.92 Å². The first kappa shape index (κ1) is 15.7. The molecular formula is C5H7F5O3S. The number of ketones is 1. The molecule has 0 aromatic heterocycles. The van der Waals surface area contributed by atoms with Crippen LogP contribution < -0.4 is 0 Å². The minimum Gasteiger partial charge on any atom is -0.299 e. The summed E-state index contributed by atoms with van der Waals surface area (Å²) in [7, 11) is -3.73. The first-order valence-corrected chi connectivity index (χ1v) is 4.81. The van der Waals surface area contributed by atoms with Gasteiger partial charge in [-0.05, 0) is 6.92 Å². The number of alkyl halides is 5. The number of hydrogen-bond acceptors (Lipinski definition) is 3. The Kier molecular flexibility index (Phi) is 6.61. The molecule has 86 valence electrons. The van der Waals surface area contributed by atoms with Crippen molar-refractivity contribution in [1.29, 1.82) is 0 Å². The molecule has 0 aromatic rings. The fourth-order valence-electron chi connectivity index (χ4n) is 0.348. The number of Topliss-reactive ketones (excluding diaryl/α,β-unsaturated/α-hetero) is 1. The van der Waals surface area contributed by atoms with Gasteiger partial charge in [0, 0.05) is 0 Å². The Bertz CT molecular complexity index is 262. The van der Waals surface area contributed by atoms with Crippen molar-refractivity contribution in [2.24, 2.45) is 0 Å². The van der Waals surface area contributed by atoms with Crippen molar-refractivity contribution in [2.75, 3.05) is 11.8 Å². The van der Waals surface area contributed by atoms with E-state index in [4.69, 9.17) is 0 Å². The molecule has 0 saturated heterocycles. The van der Waals surface area contributed by atoms with E-state index in [1.807, 2.05) is 0 Å². The second-order valence-electron chi connectivity index (χ2n) is 2.13. The van der Waals surface area contributed by atoms with E-state index >= 15 is 0 Å². The summed E-state index contributed by atoms with van der Waals surface area (Å²) in [5, 5.41) is 0. The average Bonchev–Trinajstić information content (AvgIpc) is 1.80. The second-order valence-corrected chi connectivity index (χ2v) is 4.12. The van der Waals surface area contributed by atoms with Crippen molar-refractivity contribution >= 4 is 15.6 Å². The van der Waals surface area contributed by atoms with Crippen molar-refractivity contribution in [3.05, 3.63) is 0 Å². The lowest BCUT2D eigenvalue weighted by Crippen LogP contribution is -2.13. The highest BCUT2D eigenvalue weighted by atomic mass is 32.2. The zero-order valence-corrected chi connectivity index (χ0v) is 7.75. The molecule has 0 N–H and O–H groups in total. The summed E-state index contributed by atoms with van der Waals surface area (Å²) in [6.07, 6.45) is -5.50. The minimum absolute atomic E-state index is 0.535. The molecule has 0 spiro atoms. The van der Waals surface area contributed by atoms with Gasteiger partial charge in [0.15, 0.2) is 15.8 Å². The minimum atomic E-state index is -5.50. The molecule has 9 heteroatoms. The number of halogens is 5. The Morgan fingerprint density at radius 3 is 1.57 bits per heavy atom. The zero-order chi connectivity index (χ0) is 12.0. The predicted octanol–water partition coefficient (Wildman–Crippen LogP) is 1.39. The number of carbonyl (C=O) groups excluding carboxylic acids is 1. The van der Waals surface area contributed by atoms with Gasteiger partial charge < -0.3 is 0 Å². The Morgan fingerprint density at radius 1 is 1.21 bits per heavy atom. The fraction of sp³-hybridized carbons (Fsp3) is 0.800. The molecule has 3 nitrogen and oxygen atoms in total. The van der Waals surface area contributed by atoms with Gasteiger partial charge >= 0.3 is 6.43 Å². The van der Waals surface area contributed by atoms with E-state index < -0.39 is 33.8 Å². The number of hydrogen-bond donors (Lipinski definition) is 0. The van der Waals surface area contributed by atoms with Crippen LogP contribution in [0.5, 0.6) is 0 Å². The van der Waals surface area contributed by atoms with Crippen molar-refractivity contribution in [3.63, 3.8) is 0 Å². The Hall–Kier alpha value is -0.730. The van der Waals surface area contributed by atoms with Gasteiger partial charge in [-0.25, -0.2) is 12.8 Å². The summed E-state index contributed by atoms with van der Waals surface area (Å²) < 4.78 is 70.6. The van der Waals surface area contributed by atoms with Crippen molar-refractivity contribution in [3.8, 4) is 0 Å². The molecule has 14 heavy (non-hydrogen) atoms. The second kappa shape index (κ2) is 5.89. The highest BCUT2D eigenvalue weighted by molar-refractivity contribution is 7.91. The molecule has 0 bridgehead atoms. The Morgan fingerprint density at radius 2 is 1.50 bits per heavy atom. The van der Waals surface area contributed by atoms with Gasteiger partial charge in [-0.3, -0.25) is 4.79 Å². The van der Waals surface area contributed by atoms with Crippen LogP contribution in [0.1, 0.15) is 6.92 Å². The van der Waals surface area contributed by atoms with Gasteiger partial charge in [0.25, 0.3) is 0 Å². The van der Waals surface area contributed by atoms with E-state index in [-0.39, 0.29) is 0 Å². The molecule has 0 aromatic carbocycles. The largest absolute Gasteiger partial charge is 0.559 e. The van der Waals surface area contributed by atoms with Crippen LogP contribution in [0.4, 0.5) is 22.0 Å². The first-order valence-electron chi connectivity index (χ1n) is 2.99. The molecule has 0 saturated carbocycles. The maximum atomic E-state index is 11.4. The third-order valence-electron chi connectivity index (χ3n) is 0.589. The quantitative estimate of drug-likeness (QED) is 0.703. The molecule has 0 aliphatic rings. The molecule has 0 fully saturated rings. The lowest BCUT2D eigenvalue weighted by molar-refractivity contribution is -0.237. The van der Waals surface area contributed by atoms with E-state index in [2.05, 4.69) is 0 Å². The Labute approximate surface area is 76.8 Å². The summed E-state index contributed by atoms with van der Waals surface area (Å²) in [5.41, 5.74) is 0. The zero-order valence-electron chi connectivity index (χ0n) is 6.94. The first-order chi connectivity index (χ1) is 5.98. The highest BCUT2D eigenvalue weighted by Crippen LogP contribution is 2.13. The summed E-state index contributed by atoms with van der Waals surface area (Å²) in [5.74, 6) is -1.23. The molecule has 0 rings (SSSR count). The lowest BCUT2D eigenvalue weighted by atomic mass is 10.5. The van der Waals surface area contributed by atoms with Gasteiger partial charge in [-0.1, -0.05) is 0 Å². The Balaban J connectivity index is 0. The van der Waals surface area contributed by atoms with Crippen LogP contribution in [-0.4, -0.2) is 32.4 Å². The fourth-order valence-corrected chi connectivity index (χ4v) is 1.04. The van der Waals surface area contributed by atoms with Crippen LogP contribution in [-0.2, 0) is 14.6 Å². The smallest absolute Gasteiger partial charge is 0.299 e. The molecule has 0 atom stereocenters. The van der Waals surface area contributed by atoms with Gasteiger partial charge in [-0.15, -0.1) is 17.6 Å². The topological polar surface area (TPSA) is 51.2 Å². The normalized spacial score (nSPS) is 11.6. The van der Waals surface area contributed by atoms with Gasteiger partial charge in [0.2, 0.25) is 0 Å². The van der Waals surface area contributed by atoms with Crippen LogP contribution >= 0.6 is 0 Å². The highest BCUT2D eigenvalue weighted by Gasteiger charge is 2.24. The number of sulfone groups is 1. The summed E-state index contributed by atoms with van der Waals surface area (Å²) >= 11 is 0. The van der Waals surface area contributed by atoms with E-state index in [1.54, 1.807) is 0 Å². The van der Waals surface area contributed by atoms with Crippen LogP contribution in [0, 0.1) is 0 Å². The lowest BCUT2D eigenvalue weighted by Gasteiger charge is -1.91. The van der Waals surface area contributed by atoms with Gasteiger partial charge in [0.1, 0.15) is 11.5 Å². The standard InChI is InChI=1S/C4H7FO3S.CF4/c1-4(6)2-9(7,8)3-5;2-1(3,4)5/h2-3H2,1H3;. The van der Waals surface area contributed by atoms with Crippen LogP contribution in [0.2, 0.25) is 0 Å². The maximum absolute atomic E-state index is 11.4. The van der Waals surface area contributed by atoms with Crippen LogP contribution in [0.25, 0.3) is 0 Å². The third-order valence-corrected chi connectivity index (χ3v) is 1.77. The molecule has 0 amide bonds.